The van der Waals surface area contributed by atoms with Gasteiger partial charge in [0.15, 0.2) is 0 Å². The molecule has 0 heterocycles. The molecule has 0 atom stereocenters. The first-order valence-electron chi connectivity index (χ1n) is 5.75. The Morgan fingerprint density at radius 1 is 1.41 bits per heavy atom. The predicted molar refractivity (Wildman–Crippen MR) is 72.3 cm³/mol. The minimum atomic E-state index is -0.0362. The van der Waals surface area contributed by atoms with Gasteiger partial charge in [0, 0.05) is 24.5 Å². The number of aliphatic hydroxyl groups is 1. The quantitative estimate of drug-likeness (QED) is 0.731. The Hall–Kier alpha value is -1.00. The highest BCUT2D eigenvalue weighted by Crippen LogP contribution is 2.11. The van der Waals surface area contributed by atoms with Gasteiger partial charge in [-0.1, -0.05) is 12.1 Å². The fraction of sp³-hybridized carbons (Fsp3) is 0.462. The fourth-order valence-corrected chi connectivity index (χ4v) is 2.02. The highest BCUT2D eigenvalue weighted by molar-refractivity contribution is 7.97. The van der Waals surface area contributed by atoms with E-state index < -0.39 is 0 Å². The Morgan fingerprint density at radius 3 is 2.94 bits per heavy atom. The van der Waals surface area contributed by atoms with Crippen LogP contribution in [0.15, 0.2) is 24.3 Å². The van der Waals surface area contributed by atoms with E-state index in [1.165, 1.54) is 5.56 Å². The van der Waals surface area contributed by atoms with Crippen molar-refractivity contribution in [1.29, 1.82) is 0 Å². The third-order valence-corrected chi connectivity index (χ3v) is 2.99. The molecule has 94 valence electrons. The summed E-state index contributed by atoms with van der Waals surface area (Å²) >= 11 is 1.74. The molecule has 3 nitrogen and oxygen atoms in total. The summed E-state index contributed by atoms with van der Waals surface area (Å²) in [5.74, 6) is 0.886. The minimum absolute atomic E-state index is 0.0362. The molecule has 0 aliphatic heterocycles. The van der Waals surface area contributed by atoms with E-state index >= 15 is 0 Å². The largest absolute Gasteiger partial charge is 0.396 e. The standard InChI is InChI=1S/C13H19NO2S/c1-17-10-11-5-4-6-12(9-11)13(16)14-7-2-3-8-15/h4-6,9,15H,2-3,7-8,10H2,1H3,(H,14,16). The normalized spacial score (nSPS) is 10.2. The first-order chi connectivity index (χ1) is 8.27. The summed E-state index contributed by atoms with van der Waals surface area (Å²) in [6.07, 6.45) is 3.58. The number of unbranched alkanes of at least 4 members (excludes halogenated alkanes) is 1. The minimum Gasteiger partial charge on any atom is -0.396 e. The van der Waals surface area contributed by atoms with Crippen molar-refractivity contribution in [1.82, 2.24) is 5.32 Å². The number of carbonyl (C=O) groups is 1. The van der Waals surface area contributed by atoms with Crippen LogP contribution in [0.3, 0.4) is 0 Å². The number of nitrogens with one attached hydrogen (secondary N) is 1. The smallest absolute Gasteiger partial charge is 0.251 e. The second kappa shape index (κ2) is 8.14. The van der Waals surface area contributed by atoms with Crippen molar-refractivity contribution in [2.75, 3.05) is 19.4 Å². The molecule has 0 spiro atoms. The molecule has 1 amide bonds. The van der Waals surface area contributed by atoms with Gasteiger partial charge in [0.1, 0.15) is 0 Å². The van der Waals surface area contributed by atoms with Crippen molar-refractivity contribution < 1.29 is 9.90 Å². The van der Waals surface area contributed by atoms with Gasteiger partial charge < -0.3 is 10.4 Å². The van der Waals surface area contributed by atoms with Crippen molar-refractivity contribution in [2.24, 2.45) is 0 Å². The number of carbonyl (C=O) groups excluding carboxylic acids is 1. The lowest BCUT2D eigenvalue weighted by molar-refractivity contribution is 0.0952. The van der Waals surface area contributed by atoms with Crippen molar-refractivity contribution >= 4 is 17.7 Å². The van der Waals surface area contributed by atoms with Gasteiger partial charge in [-0.15, -0.1) is 0 Å². The van der Waals surface area contributed by atoms with Gasteiger partial charge in [0.05, 0.1) is 0 Å². The van der Waals surface area contributed by atoms with Crippen molar-refractivity contribution in [3.8, 4) is 0 Å². The van der Waals surface area contributed by atoms with Crippen LogP contribution in [0.5, 0.6) is 0 Å². The molecule has 0 bridgehead atoms. The van der Waals surface area contributed by atoms with Crippen LogP contribution >= 0.6 is 11.8 Å². The molecule has 1 aromatic carbocycles. The average Bonchev–Trinajstić information content (AvgIpc) is 2.35. The Balaban J connectivity index is 2.47. The fourth-order valence-electron chi connectivity index (χ4n) is 1.51. The Labute approximate surface area is 107 Å². The highest BCUT2D eigenvalue weighted by atomic mass is 32.2. The summed E-state index contributed by atoms with van der Waals surface area (Å²) in [7, 11) is 0. The van der Waals surface area contributed by atoms with Crippen LogP contribution in [-0.4, -0.2) is 30.4 Å². The van der Waals surface area contributed by atoms with E-state index in [-0.39, 0.29) is 12.5 Å². The third-order valence-electron chi connectivity index (χ3n) is 2.37. The zero-order valence-corrected chi connectivity index (χ0v) is 10.9. The highest BCUT2D eigenvalue weighted by Gasteiger charge is 2.04. The lowest BCUT2D eigenvalue weighted by Crippen LogP contribution is -2.24. The maximum Gasteiger partial charge on any atom is 0.251 e. The van der Waals surface area contributed by atoms with Gasteiger partial charge in [-0.3, -0.25) is 4.79 Å². The van der Waals surface area contributed by atoms with Crippen LogP contribution in [0, 0.1) is 0 Å². The summed E-state index contributed by atoms with van der Waals surface area (Å²) < 4.78 is 0. The molecule has 0 saturated carbocycles. The third kappa shape index (κ3) is 5.24. The second-order valence-corrected chi connectivity index (χ2v) is 4.69. The van der Waals surface area contributed by atoms with E-state index in [1.54, 1.807) is 11.8 Å². The van der Waals surface area contributed by atoms with Crippen LogP contribution < -0.4 is 5.32 Å². The number of hydrogen-bond acceptors (Lipinski definition) is 3. The molecule has 0 aliphatic rings. The molecule has 1 aromatic rings. The van der Waals surface area contributed by atoms with Gasteiger partial charge in [-0.05, 0) is 36.8 Å². The summed E-state index contributed by atoms with van der Waals surface area (Å²) in [4.78, 5) is 11.8. The summed E-state index contributed by atoms with van der Waals surface area (Å²) in [6.45, 7) is 0.797. The monoisotopic (exact) mass is 253 g/mol. The van der Waals surface area contributed by atoms with Crippen molar-refractivity contribution in [3.63, 3.8) is 0 Å². The van der Waals surface area contributed by atoms with E-state index in [0.29, 0.717) is 12.1 Å². The van der Waals surface area contributed by atoms with Gasteiger partial charge in [0.2, 0.25) is 0 Å². The summed E-state index contributed by atoms with van der Waals surface area (Å²) in [5.41, 5.74) is 1.88. The maximum atomic E-state index is 11.8. The van der Waals surface area contributed by atoms with E-state index in [1.807, 2.05) is 30.5 Å². The van der Waals surface area contributed by atoms with Gasteiger partial charge >= 0.3 is 0 Å². The molecule has 4 heteroatoms. The van der Waals surface area contributed by atoms with Crippen LogP contribution in [0.2, 0.25) is 0 Å². The van der Waals surface area contributed by atoms with Crippen molar-refractivity contribution in [2.45, 2.75) is 18.6 Å². The van der Waals surface area contributed by atoms with E-state index in [4.69, 9.17) is 5.11 Å². The SMILES string of the molecule is CSCc1cccc(C(=O)NCCCCO)c1. The molecule has 17 heavy (non-hydrogen) atoms. The van der Waals surface area contributed by atoms with Gasteiger partial charge in [-0.25, -0.2) is 0 Å². The molecule has 2 N–H and O–H groups in total. The predicted octanol–water partition coefficient (Wildman–Crippen LogP) is 2.05. The zero-order chi connectivity index (χ0) is 12.5. The molecular formula is C13H19NO2S. The van der Waals surface area contributed by atoms with Crippen molar-refractivity contribution in [3.05, 3.63) is 35.4 Å². The average molecular weight is 253 g/mol. The molecule has 0 radical (unpaired) electrons. The summed E-state index contributed by atoms with van der Waals surface area (Å²) in [6, 6.07) is 7.69. The number of rotatable bonds is 7. The number of amides is 1. The molecule has 0 aromatic heterocycles. The first kappa shape index (κ1) is 14.1. The number of aliphatic hydroxyl groups excluding tert-OH is 1. The van der Waals surface area contributed by atoms with Crippen LogP contribution in [0.1, 0.15) is 28.8 Å². The van der Waals surface area contributed by atoms with Crippen LogP contribution in [-0.2, 0) is 5.75 Å². The number of hydrogen-bond donors (Lipinski definition) is 2. The molecule has 0 aliphatic carbocycles. The van der Waals surface area contributed by atoms with Gasteiger partial charge in [0.25, 0.3) is 5.91 Å². The molecule has 1 rings (SSSR count). The molecule has 0 saturated heterocycles. The second-order valence-electron chi connectivity index (χ2n) is 3.82. The number of benzene rings is 1. The first-order valence-corrected chi connectivity index (χ1v) is 7.14. The maximum absolute atomic E-state index is 11.8. The Kier molecular flexibility index (Phi) is 6.74. The van der Waals surface area contributed by atoms with Crippen LogP contribution in [0.25, 0.3) is 0 Å². The zero-order valence-electron chi connectivity index (χ0n) is 10.1. The molecule has 0 fully saturated rings. The van der Waals surface area contributed by atoms with Gasteiger partial charge in [-0.2, -0.15) is 11.8 Å². The Morgan fingerprint density at radius 2 is 2.24 bits per heavy atom. The van der Waals surface area contributed by atoms with E-state index in [0.717, 1.165) is 18.6 Å². The lowest BCUT2D eigenvalue weighted by atomic mass is 10.1. The lowest BCUT2D eigenvalue weighted by Gasteiger charge is -2.06. The Bertz CT molecular complexity index is 355. The van der Waals surface area contributed by atoms with Crippen LogP contribution in [0.4, 0.5) is 0 Å². The van der Waals surface area contributed by atoms with E-state index in [9.17, 15) is 4.79 Å². The summed E-state index contributed by atoms with van der Waals surface area (Å²) in [5, 5.41) is 11.5. The van der Waals surface area contributed by atoms with E-state index in [2.05, 4.69) is 5.32 Å². The topological polar surface area (TPSA) is 49.3 Å². The number of thioether (sulfide) groups is 1. The molecular weight excluding hydrogens is 234 g/mol. The molecule has 0 unspecified atom stereocenters.